The van der Waals surface area contributed by atoms with Gasteiger partial charge in [0.05, 0.1) is 17.0 Å². The Labute approximate surface area is 127 Å². The van der Waals surface area contributed by atoms with Gasteiger partial charge in [0.25, 0.3) is 5.69 Å². The maximum Gasteiger partial charge on any atom is 0.338 e. The molecular formula is C15H15N3O4. The molecule has 1 N–H and O–H groups in total. The molecule has 7 heteroatoms. The zero-order valence-corrected chi connectivity index (χ0v) is 12.0. The van der Waals surface area contributed by atoms with Crippen molar-refractivity contribution in [2.24, 2.45) is 0 Å². The summed E-state index contributed by atoms with van der Waals surface area (Å²) in [4.78, 5) is 25.7. The highest BCUT2D eigenvalue weighted by Gasteiger charge is 2.07. The van der Waals surface area contributed by atoms with Crippen molar-refractivity contribution in [1.29, 1.82) is 0 Å². The fraction of sp³-hybridized carbons (Fsp3) is 0.200. The number of pyridine rings is 1. The van der Waals surface area contributed by atoms with Gasteiger partial charge in [-0.25, -0.2) is 9.78 Å². The number of nitrogens with one attached hydrogen (secondary N) is 1. The number of rotatable bonds is 6. The molecule has 22 heavy (non-hydrogen) atoms. The van der Waals surface area contributed by atoms with Crippen molar-refractivity contribution in [3.05, 3.63) is 63.8 Å². The van der Waals surface area contributed by atoms with Crippen LogP contribution in [-0.4, -0.2) is 29.0 Å². The molecule has 0 aliphatic heterocycles. The van der Waals surface area contributed by atoms with Gasteiger partial charge in [-0.3, -0.25) is 10.1 Å². The lowest BCUT2D eigenvalue weighted by molar-refractivity contribution is -0.385. The number of hydrogen-bond donors (Lipinski definition) is 1. The number of carbonyl (C=O) groups excluding carboxylic acids is 1. The lowest BCUT2D eigenvalue weighted by Gasteiger charge is -2.07. The molecule has 0 aliphatic carbocycles. The van der Waals surface area contributed by atoms with E-state index in [-0.39, 0.29) is 18.3 Å². The van der Waals surface area contributed by atoms with Crippen LogP contribution in [0, 0.1) is 17.0 Å². The lowest BCUT2D eigenvalue weighted by atomic mass is 10.1. The molecule has 0 amide bonds. The zero-order chi connectivity index (χ0) is 15.9. The molecule has 2 aromatic rings. The second-order valence-corrected chi connectivity index (χ2v) is 4.59. The molecule has 1 aromatic heterocycles. The summed E-state index contributed by atoms with van der Waals surface area (Å²) in [6, 6.07) is 10.0. The molecule has 0 saturated carbocycles. The second-order valence-electron chi connectivity index (χ2n) is 4.59. The molecule has 7 nitrogen and oxygen atoms in total. The molecule has 0 spiro atoms. The van der Waals surface area contributed by atoms with Gasteiger partial charge in [-0.15, -0.1) is 0 Å². The van der Waals surface area contributed by atoms with Crippen LogP contribution in [0.1, 0.15) is 15.9 Å². The Morgan fingerprint density at radius 1 is 1.36 bits per heavy atom. The fourth-order valence-corrected chi connectivity index (χ4v) is 1.78. The highest BCUT2D eigenvalue weighted by molar-refractivity contribution is 5.89. The van der Waals surface area contributed by atoms with Gasteiger partial charge in [0.2, 0.25) is 0 Å². The first-order valence-electron chi connectivity index (χ1n) is 6.64. The van der Waals surface area contributed by atoms with E-state index in [1.165, 1.54) is 18.3 Å². The minimum Gasteiger partial charge on any atom is -0.460 e. The Morgan fingerprint density at radius 2 is 2.18 bits per heavy atom. The minimum absolute atomic E-state index is 0.0728. The number of aryl methyl sites for hydroxylation is 1. The standard InChI is InChI=1S/C15H15N3O4/c1-11-3-2-4-12(9-11)15(19)22-8-7-16-14-6-5-13(10-17-14)18(20)21/h2-6,9-10H,7-8H2,1H3,(H,16,17). The van der Waals surface area contributed by atoms with Crippen LogP contribution in [0.25, 0.3) is 0 Å². The smallest absolute Gasteiger partial charge is 0.338 e. The van der Waals surface area contributed by atoms with Crippen LogP contribution in [0.15, 0.2) is 42.6 Å². The number of hydrogen-bond acceptors (Lipinski definition) is 6. The summed E-state index contributed by atoms with van der Waals surface area (Å²) in [6.45, 7) is 2.44. The maximum atomic E-state index is 11.8. The molecule has 0 aliphatic rings. The maximum absolute atomic E-state index is 11.8. The number of carbonyl (C=O) groups is 1. The average Bonchev–Trinajstić information content (AvgIpc) is 2.51. The summed E-state index contributed by atoms with van der Waals surface area (Å²) in [7, 11) is 0. The van der Waals surface area contributed by atoms with Gasteiger partial charge in [-0.1, -0.05) is 17.7 Å². The van der Waals surface area contributed by atoms with Crippen molar-refractivity contribution >= 4 is 17.5 Å². The van der Waals surface area contributed by atoms with Gasteiger partial charge in [-0.05, 0) is 25.1 Å². The predicted octanol–water partition coefficient (Wildman–Crippen LogP) is 2.57. The van der Waals surface area contributed by atoms with E-state index in [1.54, 1.807) is 18.2 Å². The number of ether oxygens (including phenoxy) is 1. The van der Waals surface area contributed by atoms with Gasteiger partial charge in [0.15, 0.2) is 0 Å². The molecule has 0 fully saturated rings. The molecule has 0 radical (unpaired) electrons. The molecule has 1 aromatic carbocycles. The van der Waals surface area contributed by atoms with Gasteiger partial charge in [0.1, 0.15) is 18.6 Å². The van der Waals surface area contributed by atoms with Gasteiger partial charge in [0, 0.05) is 6.07 Å². The number of aromatic nitrogens is 1. The SMILES string of the molecule is Cc1cccc(C(=O)OCCNc2ccc([N+](=O)[O-])cn2)c1. The lowest BCUT2D eigenvalue weighted by Crippen LogP contribution is -2.14. The number of benzene rings is 1. The molecule has 0 bridgehead atoms. The summed E-state index contributed by atoms with van der Waals surface area (Å²) in [5.74, 6) is 0.0966. The molecule has 0 unspecified atom stereocenters. The fourth-order valence-electron chi connectivity index (χ4n) is 1.78. The Morgan fingerprint density at radius 3 is 2.82 bits per heavy atom. The third-order valence-corrected chi connectivity index (χ3v) is 2.85. The Hall–Kier alpha value is -2.96. The van der Waals surface area contributed by atoms with Crippen LogP contribution in [0.4, 0.5) is 11.5 Å². The van der Waals surface area contributed by atoms with Crippen molar-refractivity contribution < 1.29 is 14.5 Å². The highest BCUT2D eigenvalue weighted by atomic mass is 16.6. The summed E-state index contributed by atoms with van der Waals surface area (Å²) in [5.41, 5.74) is 1.42. The number of nitro groups is 1. The van der Waals surface area contributed by atoms with Crippen LogP contribution in [0.5, 0.6) is 0 Å². The third-order valence-electron chi connectivity index (χ3n) is 2.85. The monoisotopic (exact) mass is 301 g/mol. The van der Waals surface area contributed by atoms with E-state index in [9.17, 15) is 14.9 Å². The van der Waals surface area contributed by atoms with Gasteiger partial charge < -0.3 is 10.1 Å². The van der Waals surface area contributed by atoms with Crippen LogP contribution < -0.4 is 5.32 Å². The van der Waals surface area contributed by atoms with Crippen LogP contribution in [0.3, 0.4) is 0 Å². The van der Waals surface area contributed by atoms with E-state index in [0.29, 0.717) is 17.9 Å². The van der Waals surface area contributed by atoms with Crippen molar-refractivity contribution in [3.8, 4) is 0 Å². The molecule has 114 valence electrons. The summed E-state index contributed by atoms with van der Waals surface area (Å²) in [6.07, 6.45) is 1.17. The number of esters is 1. The molecule has 2 rings (SSSR count). The van der Waals surface area contributed by atoms with E-state index < -0.39 is 4.92 Å². The largest absolute Gasteiger partial charge is 0.460 e. The first-order valence-corrected chi connectivity index (χ1v) is 6.64. The van der Waals surface area contributed by atoms with Crippen LogP contribution >= 0.6 is 0 Å². The van der Waals surface area contributed by atoms with E-state index >= 15 is 0 Å². The molecular weight excluding hydrogens is 286 g/mol. The Bertz CT molecular complexity index is 671. The highest BCUT2D eigenvalue weighted by Crippen LogP contribution is 2.11. The summed E-state index contributed by atoms with van der Waals surface area (Å²) < 4.78 is 5.13. The van der Waals surface area contributed by atoms with E-state index in [4.69, 9.17) is 4.74 Å². The zero-order valence-electron chi connectivity index (χ0n) is 12.0. The first kappa shape index (κ1) is 15.4. The number of nitrogens with zero attached hydrogens (tertiary/aromatic N) is 2. The Kier molecular flexibility index (Phi) is 5.02. The topological polar surface area (TPSA) is 94.4 Å². The van der Waals surface area contributed by atoms with Gasteiger partial charge in [-0.2, -0.15) is 0 Å². The quantitative estimate of drug-likeness (QED) is 0.381. The Balaban J connectivity index is 1.77. The number of anilines is 1. The van der Waals surface area contributed by atoms with Crippen molar-refractivity contribution in [2.45, 2.75) is 6.92 Å². The van der Waals surface area contributed by atoms with E-state index in [1.807, 2.05) is 13.0 Å². The minimum atomic E-state index is -0.513. The predicted molar refractivity (Wildman–Crippen MR) is 80.8 cm³/mol. The molecule has 0 atom stereocenters. The van der Waals surface area contributed by atoms with Crippen LogP contribution in [0.2, 0.25) is 0 Å². The average molecular weight is 301 g/mol. The van der Waals surface area contributed by atoms with E-state index in [2.05, 4.69) is 10.3 Å². The summed E-state index contributed by atoms with van der Waals surface area (Å²) >= 11 is 0. The van der Waals surface area contributed by atoms with Gasteiger partial charge >= 0.3 is 5.97 Å². The van der Waals surface area contributed by atoms with E-state index in [0.717, 1.165) is 5.56 Å². The van der Waals surface area contributed by atoms with Crippen molar-refractivity contribution in [3.63, 3.8) is 0 Å². The van der Waals surface area contributed by atoms with Crippen molar-refractivity contribution in [2.75, 3.05) is 18.5 Å². The first-order chi connectivity index (χ1) is 10.6. The van der Waals surface area contributed by atoms with Crippen molar-refractivity contribution in [1.82, 2.24) is 4.98 Å². The summed E-state index contributed by atoms with van der Waals surface area (Å²) in [5, 5.41) is 13.4. The normalized spacial score (nSPS) is 10.0. The molecule has 1 heterocycles. The second kappa shape index (κ2) is 7.16. The third kappa shape index (κ3) is 4.27. The molecule has 0 saturated heterocycles. The van der Waals surface area contributed by atoms with Crippen LogP contribution in [-0.2, 0) is 4.74 Å².